The van der Waals surface area contributed by atoms with Crippen LogP contribution in [0.25, 0.3) is 0 Å². The Balaban J connectivity index is 2.77. The predicted molar refractivity (Wildman–Crippen MR) is 79.7 cm³/mol. The van der Waals surface area contributed by atoms with Crippen LogP contribution in [-0.2, 0) is 0 Å². The molecule has 0 amide bonds. The molecule has 0 spiro atoms. The predicted octanol–water partition coefficient (Wildman–Crippen LogP) is 3.46. The maximum absolute atomic E-state index is 11.0. The molecule has 0 aromatic carbocycles. The van der Waals surface area contributed by atoms with E-state index >= 15 is 0 Å². The van der Waals surface area contributed by atoms with Gasteiger partial charge in [-0.1, -0.05) is 32.6 Å². The van der Waals surface area contributed by atoms with E-state index in [4.69, 9.17) is 5.11 Å². The molecule has 0 aliphatic heterocycles. The molecular weight excluding hydrogens is 274 g/mol. The Labute approximate surface area is 123 Å². The highest BCUT2D eigenvalue weighted by Gasteiger charge is 2.19. The quantitative estimate of drug-likeness (QED) is 0.410. The third kappa shape index (κ3) is 5.37. The van der Waals surface area contributed by atoms with Gasteiger partial charge in [-0.3, -0.25) is 10.1 Å². The zero-order valence-electron chi connectivity index (χ0n) is 12.3. The molecule has 1 atom stereocenters. The molecule has 0 aliphatic carbocycles. The van der Waals surface area contributed by atoms with Crippen molar-refractivity contribution in [3.05, 3.63) is 27.9 Å². The topological polar surface area (TPSA) is 105 Å². The molecule has 1 rings (SSSR count). The number of pyridine rings is 1. The van der Waals surface area contributed by atoms with E-state index in [1.54, 1.807) is 0 Å². The van der Waals surface area contributed by atoms with Gasteiger partial charge >= 0.3 is 11.7 Å². The van der Waals surface area contributed by atoms with Crippen LogP contribution in [0.15, 0.2) is 12.1 Å². The number of nitro groups is 1. The average Bonchev–Trinajstić information content (AvgIpc) is 2.43. The van der Waals surface area contributed by atoms with Crippen LogP contribution in [0.2, 0.25) is 0 Å². The summed E-state index contributed by atoms with van der Waals surface area (Å²) in [5.41, 5.74) is -0.415. The van der Waals surface area contributed by atoms with Crippen molar-refractivity contribution in [1.29, 1.82) is 0 Å². The van der Waals surface area contributed by atoms with Crippen molar-refractivity contribution >= 4 is 17.5 Å². The molecule has 1 heterocycles. The monoisotopic (exact) mass is 295 g/mol. The van der Waals surface area contributed by atoms with E-state index < -0.39 is 10.9 Å². The van der Waals surface area contributed by atoms with Gasteiger partial charge in [-0.2, -0.15) is 0 Å². The number of carbonyl (C=O) groups is 1. The first-order valence-corrected chi connectivity index (χ1v) is 7.11. The summed E-state index contributed by atoms with van der Waals surface area (Å²) in [6.07, 6.45) is 5.31. The molecule has 1 aromatic rings. The first-order valence-electron chi connectivity index (χ1n) is 7.11. The van der Waals surface area contributed by atoms with Crippen LogP contribution in [0.3, 0.4) is 0 Å². The van der Waals surface area contributed by atoms with Gasteiger partial charge in [0.15, 0.2) is 5.69 Å². The Morgan fingerprint density at radius 2 is 2.14 bits per heavy atom. The van der Waals surface area contributed by atoms with Gasteiger partial charge in [0.05, 0.1) is 4.92 Å². The van der Waals surface area contributed by atoms with Crippen LogP contribution < -0.4 is 5.32 Å². The SMILES string of the molecule is CCCCCCC(C)Nc1nc(C(=O)O)ccc1[N+](=O)[O-]. The summed E-state index contributed by atoms with van der Waals surface area (Å²) in [6, 6.07) is 2.30. The summed E-state index contributed by atoms with van der Waals surface area (Å²) in [6.45, 7) is 4.04. The molecule has 2 N–H and O–H groups in total. The molecule has 0 saturated carbocycles. The summed E-state index contributed by atoms with van der Waals surface area (Å²) in [4.78, 5) is 25.1. The number of hydrogen-bond donors (Lipinski definition) is 2. The lowest BCUT2D eigenvalue weighted by atomic mass is 10.1. The number of hydrogen-bond acceptors (Lipinski definition) is 5. The number of anilines is 1. The second kappa shape index (κ2) is 8.18. The number of nitrogens with one attached hydrogen (secondary N) is 1. The van der Waals surface area contributed by atoms with E-state index in [-0.39, 0.29) is 23.2 Å². The molecule has 116 valence electrons. The normalized spacial score (nSPS) is 11.9. The number of unbranched alkanes of at least 4 members (excludes halogenated alkanes) is 3. The fourth-order valence-corrected chi connectivity index (χ4v) is 2.01. The maximum atomic E-state index is 11.0. The van der Waals surface area contributed by atoms with Crippen molar-refractivity contribution in [1.82, 2.24) is 4.98 Å². The van der Waals surface area contributed by atoms with Crippen LogP contribution in [0.5, 0.6) is 0 Å². The van der Waals surface area contributed by atoms with Crippen molar-refractivity contribution in [3.63, 3.8) is 0 Å². The van der Waals surface area contributed by atoms with Crippen LogP contribution in [0.1, 0.15) is 56.4 Å². The lowest BCUT2D eigenvalue weighted by Gasteiger charge is -2.14. The van der Waals surface area contributed by atoms with Gasteiger partial charge < -0.3 is 10.4 Å². The zero-order valence-corrected chi connectivity index (χ0v) is 12.3. The Hall–Kier alpha value is -2.18. The molecule has 0 bridgehead atoms. The molecule has 7 heteroatoms. The highest BCUT2D eigenvalue weighted by Crippen LogP contribution is 2.23. The Morgan fingerprint density at radius 3 is 2.71 bits per heavy atom. The van der Waals surface area contributed by atoms with Gasteiger partial charge in [0.1, 0.15) is 0 Å². The first-order chi connectivity index (χ1) is 9.95. The number of rotatable bonds is 9. The highest BCUT2D eigenvalue weighted by molar-refractivity contribution is 5.86. The standard InChI is InChI=1S/C14H21N3O4/c1-3-4-5-6-7-10(2)15-13-12(17(20)21)9-8-11(16-13)14(18)19/h8-10H,3-7H2,1-2H3,(H,15,16)(H,18,19). The Kier molecular flexibility index (Phi) is 6.58. The summed E-state index contributed by atoms with van der Waals surface area (Å²) < 4.78 is 0. The minimum atomic E-state index is -1.21. The van der Waals surface area contributed by atoms with Crippen molar-refractivity contribution in [3.8, 4) is 0 Å². The van der Waals surface area contributed by atoms with Crippen LogP contribution in [0, 0.1) is 10.1 Å². The van der Waals surface area contributed by atoms with E-state index in [1.165, 1.54) is 12.5 Å². The van der Waals surface area contributed by atoms with Gasteiger partial charge in [-0.15, -0.1) is 0 Å². The van der Waals surface area contributed by atoms with Crippen molar-refractivity contribution < 1.29 is 14.8 Å². The van der Waals surface area contributed by atoms with Crippen LogP contribution in [-0.4, -0.2) is 27.0 Å². The van der Waals surface area contributed by atoms with Crippen molar-refractivity contribution in [2.45, 2.75) is 52.0 Å². The number of carboxylic acid groups (broad SMARTS) is 1. The van der Waals surface area contributed by atoms with Gasteiger partial charge in [0.25, 0.3) is 0 Å². The minimum absolute atomic E-state index is 0.00268. The van der Waals surface area contributed by atoms with Gasteiger partial charge in [-0.05, 0) is 19.4 Å². The maximum Gasteiger partial charge on any atom is 0.354 e. The Bertz CT molecular complexity index is 505. The molecule has 21 heavy (non-hydrogen) atoms. The molecule has 1 unspecified atom stereocenters. The zero-order chi connectivity index (χ0) is 15.8. The fraction of sp³-hybridized carbons (Fsp3) is 0.571. The fourth-order valence-electron chi connectivity index (χ4n) is 2.01. The third-order valence-corrected chi connectivity index (χ3v) is 3.16. The lowest BCUT2D eigenvalue weighted by molar-refractivity contribution is -0.384. The van der Waals surface area contributed by atoms with Crippen molar-refractivity contribution in [2.24, 2.45) is 0 Å². The van der Waals surface area contributed by atoms with E-state index in [9.17, 15) is 14.9 Å². The minimum Gasteiger partial charge on any atom is -0.477 e. The average molecular weight is 295 g/mol. The molecular formula is C14H21N3O4. The van der Waals surface area contributed by atoms with E-state index in [0.717, 1.165) is 31.7 Å². The summed E-state index contributed by atoms with van der Waals surface area (Å²) in [5.74, 6) is -1.19. The molecule has 7 nitrogen and oxygen atoms in total. The highest BCUT2D eigenvalue weighted by atomic mass is 16.6. The summed E-state index contributed by atoms with van der Waals surface area (Å²) in [5, 5.41) is 22.8. The molecule has 0 saturated heterocycles. The third-order valence-electron chi connectivity index (χ3n) is 3.16. The summed E-state index contributed by atoms with van der Waals surface area (Å²) in [7, 11) is 0. The molecule has 1 aromatic heterocycles. The van der Waals surface area contributed by atoms with E-state index in [1.807, 2.05) is 6.92 Å². The molecule has 0 aliphatic rings. The second-order valence-electron chi connectivity index (χ2n) is 5.02. The second-order valence-corrected chi connectivity index (χ2v) is 5.02. The van der Waals surface area contributed by atoms with Gasteiger partial charge in [0, 0.05) is 12.1 Å². The van der Waals surface area contributed by atoms with Crippen LogP contribution in [0.4, 0.5) is 11.5 Å². The number of aromatic carboxylic acids is 1. The smallest absolute Gasteiger partial charge is 0.354 e. The Morgan fingerprint density at radius 1 is 1.43 bits per heavy atom. The number of aromatic nitrogens is 1. The van der Waals surface area contributed by atoms with E-state index in [0.29, 0.717) is 0 Å². The van der Waals surface area contributed by atoms with Gasteiger partial charge in [-0.25, -0.2) is 9.78 Å². The summed E-state index contributed by atoms with van der Waals surface area (Å²) >= 11 is 0. The first kappa shape index (κ1) is 16.9. The molecule has 0 fully saturated rings. The molecule has 0 radical (unpaired) electrons. The van der Waals surface area contributed by atoms with Crippen LogP contribution >= 0.6 is 0 Å². The number of nitrogens with zero attached hydrogens (tertiary/aromatic N) is 2. The largest absolute Gasteiger partial charge is 0.477 e. The van der Waals surface area contributed by atoms with Crippen molar-refractivity contribution in [2.75, 3.05) is 5.32 Å². The lowest BCUT2D eigenvalue weighted by Crippen LogP contribution is -2.18. The number of carboxylic acids is 1. The van der Waals surface area contributed by atoms with Gasteiger partial charge in [0.2, 0.25) is 5.82 Å². The van der Waals surface area contributed by atoms with E-state index in [2.05, 4.69) is 17.2 Å².